The van der Waals surface area contributed by atoms with Crippen molar-refractivity contribution in [2.45, 2.75) is 6.43 Å². The van der Waals surface area contributed by atoms with Crippen molar-refractivity contribution >= 4 is 5.97 Å². The van der Waals surface area contributed by atoms with Crippen LogP contribution in [0.15, 0.2) is 18.3 Å². The maximum absolute atomic E-state index is 12.0. The van der Waals surface area contributed by atoms with E-state index < -0.39 is 12.4 Å². The maximum Gasteiger partial charge on any atom is 0.354 e. The van der Waals surface area contributed by atoms with Crippen LogP contribution in [0.1, 0.15) is 22.5 Å². The fourth-order valence-electron chi connectivity index (χ4n) is 0.700. The van der Waals surface area contributed by atoms with Crippen molar-refractivity contribution in [1.82, 2.24) is 4.98 Å². The number of alkyl halides is 2. The molecule has 0 spiro atoms. The van der Waals surface area contributed by atoms with Crippen LogP contribution in [0.4, 0.5) is 8.78 Å². The maximum atomic E-state index is 12.0. The molecule has 0 aromatic carbocycles. The topological polar surface area (TPSA) is 50.2 Å². The molecule has 64 valence electrons. The Labute approximate surface area is 66.7 Å². The smallest absolute Gasteiger partial charge is 0.354 e. The van der Waals surface area contributed by atoms with Gasteiger partial charge in [0.25, 0.3) is 6.43 Å². The molecule has 12 heavy (non-hydrogen) atoms. The molecule has 0 saturated heterocycles. The first-order valence-electron chi connectivity index (χ1n) is 3.08. The second-order valence-electron chi connectivity index (χ2n) is 2.08. The Morgan fingerprint density at radius 2 is 2.25 bits per heavy atom. The summed E-state index contributed by atoms with van der Waals surface area (Å²) in [5.74, 6) is -1.31. The Balaban J connectivity index is 3.04. The van der Waals surface area contributed by atoms with E-state index in [4.69, 9.17) is 5.11 Å². The zero-order valence-electron chi connectivity index (χ0n) is 5.87. The third-order valence-corrected chi connectivity index (χ3v) is 1.26. The van der Waals surface area contributed by atoms with Crippen LogP contribution in [0.5, 0.6) is 0 Å². The van der Waals surface area contributed by atoms with Crippen LogP contribution >= 0.6 is 0 Å². The zero-order chi connectivity index (χ0) is 9.14. The SMILES string of the molecule is O=C(O)c1cc(C(F)F)ccn1. The average molecular weight is 173 g/mol. The molecule has 1 rings (SSSR count). The highest BCUT2D eigenvalue weighted by atomic mass is 19.3. The molecule has 0 atom stereocenters. The molecule has 0 unspecified atom stereocenters. The molecular weight excluding hydrogens is 168 g/mol. The van der Waals surface area contributed by atoms with E-state index in [1.807, 2.05) is 0 Å². The number of halogens is 2. The number of rotatable bonds is 2. The quantitative estimate of drug-likeness (QED) is 0.740. The Kier molecular flexibility index (Phi) is 2.32. The van der Waals surface area contributed by atoms with Gasteiger partial charge in [-0.3, -0.25) is 0 Å². The summed E-state index contributed by atoms with van der Waals surface area (Å²) in [6.07, 6.45) is -1.61. The van der Waals surface area contributed by atoms with E-state index in [1.165, 1.54) is 0 Å². The van der Waals surface area contributed by atoms with E-state index in [2.05, 4.69) is 4.98 Å². The minimum atomic E-state index is -2.66. The molecule has 1 N–H and O–H groups in total. The molecule has 1 aromatic rings. The molecule has 0 radical (unpaired) electrons. The van der Waals surface area contributed by atoms with Gasteiger partial charge in [0.05, 0.1) is 0 Å². The van der Waals surface area contributed by atoms with Gasteiger partial charge in [-0.05, 0) is 12.1 Å². The van der Waals surface area contributed by atoms with Crippen molar-refractivity contribution in [3.05, 3.63) is 29.6 Å². The summed E-state index contributed by atoms with van der Waals surface area (Å²) in [6.45, 7) is 0. The van der Waals surface area contributed by atoms with Gasteiger partial charge in [0, 0.05) is 11.8 Å². The molecule has 0 bridgehead atoms. The highest BCUT2D eigenvalue weighted by Gasteiger charge is 2.10. The summed E-state index contributed by atoms with van der Waals surface area (Å²) in [5, 5.41) is 8.38. The van der Waals surface area contributed by atoms with E-state index >= 15 is 0 Å². The van der Waals surface area contributed by atoms with Gasteiger partial charge in [0.15, 0.2) is 0 Å². The summed E-state index contributed by atoms with van der Waals surface area (Å²) >= 11 is 0. The lowest BCUT2D eigenvalue weighted by Gasteiger charge is -1.98. The molecule has 5 heteroatoms. The molecule has 0 fully saturated rings. The number of aromatic carboxylic acids is 1. The number of carboxylic acid groups (broad SMARTS) is 1. The van der Waals surface area contributed by atoms with Crippen LogP contribution < -0.4 is 0 Å². The summed E-state index contributed by atoms with van der Waals surface area (Å²) in [7, 11) is 0. The van der Waals surface area contributed by atoms with Crippen molar-refractivity contribution in [3.63, 3.8) is 0 Å². The van der Waals surface area contributed by atoms with Crippen molar-refractivity contribution < 1.29 is 18.7 Å². The van der Waals surface area contributed by atoms with Crippen LogP contribution in [0.3, 0.4) is 0 Å². The second-order valence-corrected chi connectivity index (χ2v) is 2.08. The third kappa shape index (κ3) is 1.75. The molecule has 0 aliphatic rings. The first kappa shape index (κ1) is 8.58. The Bertz CT molecular complexity index is 301. The molecule has 0 amide bonds. The number of hydrogen-bond donors (Lipinski definition) is 1. The minimum Gasteiger partial charge on any atom is -0.477 e. The molecule has 0 saturated carbocycles. The average Bonchev–Trinajstić information content (AvgIpc) is 2.04. The number of pyridine rings is 1. The molecular formula is C7H5F2NO2. The van der Waals surface area contributed by atoms with Gasteiger partial charge < -0.3 is 5.11 Å². The minimum absolute atomic E-state index is 0.331. The van der Waals surface area contributed by atoms with Crippen molar-refractivity contribution in [3.8, 4) is 0 Å². The number of carboxylic acids is 1. The Hall–Kier alpha value is -1.52. The van der Waals surface area contributed by atoms with E-state index in [0.29, 0.717) is 0 Å². The Morgan fingerprint density at radius 1 is 1.58 bits per heavy atom. The lowest BCUT2D eigenvalue weighted by molar-refractivity contribution is 0.0690. The van der Waals surface area contributed by atoms with Gasteiger partial charge in [0.1, 0.15) is 5.69 Å². The van der Waals surface area contributed by atoms with Gasteiger partial charge in [-0.15, -0.1) is 0 Å². The predicted molar refractivity (Wildman–Crippen MR) is 36.2 cm³/mol. The molecule has 1 heterocycles. The largest absolute Gasteiger partial charge is 0.477 e. The van der Waals surface area contributed by atoms with Gasteiger partial charge >= 0.3 is 5.97 Å². The predicted octanol–water partition coefficient (Wildman–Crippen LogP) is 1.72. The van der Waals surface area contributed by atoms with Crippen LogP contribution in [-0.2, 0) is 0 Å². The van der Waals surface area contributed by atoms with Crippen LogP contribution in [-0.4, -0.2) is 16.1 Å². The van der Waals surface area contributed by atoms with Gasteiger partial charge in [-0.1, -0.05) is 0 Å². The number of aromatic nitrogens is 1. The van der Waals surface area contributed by atoms with E-state index in [1.54, 1.807) is 0 Å². The molecule has 1 aromatic heterocycles. The summed E-state index contributed by atoms with van der Waals surface area (Å²) < 4.78 is 24.0. The summed E-state index contributed by atoms with van der Waals surface area (Å²) in [5.41, 5.74) is -0.699. The van der Waals surface area contributed by atoms with E-state index in [-0.39, 0.29) is 11.3 Å². The number of nitrogens with zero attached hydrogens (tertiary/aromatic N) is 1. The second kappa shape index (κ2) is 3.25. The normalized spacial score (nSPS) is 10.2. The van der Waals surface area contributed by atoms with Crippen molar-refractivity contribution in [1.29, 1.82) is 0 Å². The lowest BCUT2D eigenvalue weighted by atomic mass is 10.2. The number of hydrogen-bond acceptors (Lipinski definition) is 2. The zero-order valence-corrected chi connectivity index (χ0v) is 5.87. The van der Waals surface area contributed by atoms with Crippen LogP contribution in [0, 0.1) is 0 Å². The fraction of sp³-hybridized carbons (Fsp3) is 0.143. The molecule has 0 aliphatic carbocycles. The summed E-state index contributed by atoms with van der Waals surface area (Å²) in [6, 6.07) is 1.93. The number of carbonyl (C=O) groups is 1. The van der Waals surface area contributed by atoms with E-state index in [9.17, 15) is 13.6 Å². The van der Waals surface area contributed by atoms with Gasteiger partial charge in [0.2, 0.25) is 0 Å². The highest BCUT2D eigenvalue weighted by molar-refractivity contribution is 5.85. The standard InChI is InChI=1S/C7H5F2NO2/c8-6(9)4-1-2-10-5(3-4)7(11)12/h1-3,6H,(H,11,12). The monoisotopic (exact) mass is 173 g/mol. The molecule has 3 nitrogen and oxygen atoms in total. The van der Waals surface area contributed by atoms with Crippen LogP contribution in [0.25, 0.3) is 0 Å². The summed E-state index contributed by atoms with van der Waals surface area (Å²) in [4.78, 5) is 13.7. The third-order valence-electron chi connectivity index (χ3n) is 1.26. The van der Waals surface area contributed by atoms with Crippen LogP contribution in [0.2, 0.25) is 0 Å². The van der Waals surface area contributed by atoms with Crippen molar-refractivity contribution in [2.24, 2.45) is 0 Å². The lowest BCUT2D eigenvalue weighted by Crippen LogP contribution is -2.00. The van der Waals surface area contributed by atoms with E-state index in [0.717, 1.165) is 18.3 Å². The van der Waals surface area contributed by atoms with Crippen molar-refractivity contribution in [2.75, 3.05) is 0 Å². The van der Waals surface area contributed by atoms with Gasteiger partial charge in [-0.2, -0.15) is 0 Å². The molecule has 0 aliphatic heterocycles. The first-order valence-corrected chi connectivity index (χ1v) is 3.08. The Morgan fingerprint density at radius 3 is 2.75 bits per heavy atom. The fourth-order valence-corrected chi connectivity index (χ4v) is 0.700. The van der Waals surface area contributed by atoms with Gasteiger partial charge in [-0.25, -0.2) is 18.6 Å². The first-order chi connectivity index (χ1) is 5.61. The highest BCUT2D eigenvalue weighted by Crippen LogP contribution is 2.17.